The van der Waals surface area contributed by atoms with Gasteiger partial charge in [0.2, 0.25) is 0 Å². The SMILES string of the molecule is Cc1c(C)c2c(c(C)c1O)CCC(C)(C(=O)Nc1c(N)n(-c3ccc(Cl)cc3)c(=O)n(C)c1=O)O2. The van der Waals surface area contributed by atoms with Gasteiger partial charge in [0.25, 0.3) is 11.5 Å². The number of phenols is 1. The van der Waals surface area contributed by atoms with Crippen molar-refractivity contribution in [3.63, 3.8) is 0 Å². The number of hydrogen-bond donors (Lipinski definition) is 3. The van der Waals surface area contributed by atoms with Gasteiger partial charge in [-0.05, 0) is 75.1 Å². The van der Waals surface area contributed by atoms with Gasteiger partial charge in [0, 0.05) is 24.1 Å². The van der Waals surface area contributed by atoms with Crippen molar-refractivity contribution < 1.29 is 14.6 Å². The summed E-state index contributed by atoms with van der Waals surface area (Å²) in [7, 11) is 1.31. The molecule has 4 rings (SSSR count). The molecule has 3 aromatic rings. The molecule has 0 radical (unpaired) electrons. The van der Waals surface area contributed by atoms with Crippen LogP contribution in [-0.2, 0) is 18.3 Å². The molecule has 1 aliphatic rings. The van der Waals surface area contributed by atoms with E-state index in [0.717, 1.165) is 25.8 Å². The summed E-state index contributed by atoms with van der Waals surface area (Å²) in [5.74, 6) is -0.00949. The van der Waals surface area contributed by atoms with E-state index >= 15 is 0 Å². The number of amides is 1. The number of nitrogens with zero attached hydrogens (tertiary/aromatic N) is 2. The molecule has 35 heavy (non-hydrogen) atoms. The van der Waals surface area contributed by atoms with Gasteiger partial charge >= 0.3 is 5.69 Å². The van der Waals surface area contributed by atoms with E-state index in [2.05, 4.69) is 5.32 Å². The Morgan fingerprint density at radius 3 is 2.40 bits per heavy atom. The van der Waals surface area contributed by atoms with Crippen LogP contribution in [0.3, 0.4) is 0 Å². The molecule has 2 heterocycles. The van der Waals surface area contributed by atoms with E-state index in [1.807, 2.05) is 13.8 Å². The first-order valence-corrected chi connectivity index (χ1v) is 11.4. The number of aromatic nitrogens is 2. The third kappa shape index (κ3) is 3.85. The monoisotopic (exact) mass is 498 g/mol. The summed E-state index contributed by atoms with van der Waals surface area (Å²) in [5, 5.41) is 13.5. The third-order valence-electron chi connectivity index (χ3n) is 6.82. The summed E-state index contributed by atoms with van der Waals surface area (Å²) in [6.07, 6.45) is 0.809. The number of aromatic hydroxyl groups is 1. The summed E-state index contributed by atoms with van der Waals surface area (Å²) in [5.41, 5.74) is 6.68. The van der Waals surface area contributed by atoms with E-state index in [1.165, 1.54) is 7.05 Å². The van der Waals surface area contributed by atoms with Crippen molar-refractivity contribution in [1.29, 1.82) is 0 Å². The van der Waals surface area contributed by atoms with E-state index < -0.39 is 22.8 Å². The second kappa shape index (κ2) is 8.49. The van der Waals surface area contributed by atoms with Crippen molar-refractivity contribution in [2.24, 2.45) is 7.05 Å². The van der Waals surface area contributed by atoms with E-state index in [4.69, 9.17) is 22.1 Å². The molecule has 0 saturated carbocycles. The van der Waals surface area contributed by atoms with E-state index in [1.54, 1.807) is 38.1 Å². The van der Waals surface area contributed by atoms with Crippen LogP contribution in [0.15, 0.2) is 33.9 Å². The van der Waals surface area contributed by atoms with Crippen molar-refractivity contribution in [3.8, 4) is 17.2 Å². The smallest absolute Gasteiger partial charge is 0.337 e. The van der Waals surface area contributed by atoms with Crippen molar-refractivity contribution >= 4 is 29.0 Å². The number of rotatable bonds is 3. The largest absolute Gasteiger partial charge is 0.507 e. The quantitative estimate of drug-likeness (QED) is 0.509. The van der Waals surface area contributed by atoms with Crippen molar-refractivity contribution in [2.45, 2.75) is 46.1 Å². The van der Waals surface area contributed by atoms with Crippen LogP contribution in [0, 0.1) is 20.8 Å². The number of halogens is 1. The number of carbonyl (C=O) groups excluding carboxylic acids is 1. The normalized spacial score (nSPS) is 17.0. The standard InChI is InChI=1S/C25H27ClN4O5/c1-12-13(2)20-17(14(3)19(12)31)10-11-25(4,35-20)23(33)28-18-21(27)30(24(34)29(5)22(18)32)16-8-6-15(26)7-9-16/h6-9,31H,10-11,27H2,1-5H3,(H,28,33). The maximum Gasteiger partial charge on any atom is 0.337 e. The first-order chi connectivity index (χ1) is 16.4. The lowest BCUT2D eigenvalue weighted by Crippen LogP contribution is -2.50. The Morgan fingerprint density at radius 1 is 1.14 bits per heavy atom. The summed E-state index contributed by atoms with van der Waals surface area (Å²) in [6, 6.07) is 6.35. The molecule has 0 spiro atoms. The first-order valence-electron chi connectivity index (χ1n) is 11.1. The molecule has 0 aliphatic carbocycles. The first kappa shape index (κ1) is 24.4. The fourth-order valence-electron chi connectivity index (χ4n) is 4.34. The van der Waals surface area contributed by atoms with Crippen molar-refractivity contribution in [3.05, 3.63) is 72.4 Å². The molecule has 1 aliphatic heterocycles. The number of carbonyl (C=O) groups is 1. The maximum absolute atomic E-state index is 13.4. The van der Waals surface area contributed by atoms with Crippen LogP contribution in [0.25, 0.3) is 5.69 Å². The highest BCUT2D eigenvalue weighted by molar-refractivity contribution is 6.30. The summed E-state index contributed by atoms with van der Waals surface area (Å²) >= 11 is 5.95. The van der Waals surface area contributed by atoms with Gasteiger partial charge in [-0.2, -0.15) is 0 Å². The summed E-state index contributed by atoms with van der Waals surface area (Å²) in [6.45, 7) is 7.07. The van der Waals surface area contributed by atoms with Gasteiger partial charge in [0.15, 0.2) is 5.60 Å². The van der Waals surface area contributed by atoms with Crippen LogP contribution >= 0.6 is 11.6 Å². The minimum atomic E-state index is -1.31. The van der Waals surface area contributed by atoms with Crippen LogP contribution in [-0.4, -0.2) is 25.7 Å². The van der Waals surface area contributed by atoms with Crippen LogP contribution in [0.2, 0.25) is 5.02 Å². The zero-order chi connectivity index (χ0) is 25.8. The van der Waals surface area contributed by atoms with Crippen LogP contribution in [0.1, 0.15) is 35.6 Å². The van der Waals surface area contributed by atoms with Gasteiger partial charge < -0.3 is 20.9 Å². The molecule has 1 aromatic heterocycles. The zero-order valence-electron chi connectivity index (χ0n) is 20.2. The minimum Gasteiger partial charge on any atom is -0.507 e. The lowest BCUT2D eigenvalue weighted by Gasteiger charge is -2.36. The Bertz CT molecular complexity index is 1490. The van der Waals surface area contributed by atoms with Gasteiger partial charge in [0.05, 0.1) is 5.69 Å². The molecule has 184 valence electrons. The number of anilines is 2. The molecule has 0 fully saturated rings. The fourth-order valence-corrected chi connectivity index (χ4v) is 4.47. The molecule has 10 heteroatoms. The Hall–Kier alpha value is -3.72. The van der Waals surface area contributed by atoms with Gasteiger partial charge in [-0.3, -0.25) is 14.2 Å². The highest BCUT2D eigenvalue weighted by Crippen LogP contribution is 2.43. The topological polar surface area (TPSA) is 129 Å². The Kier molecular flexibility index (Phi) is 5.92. The molecule has 4 N–H and O–H groups in total. The van der Waals surface area contributed by atoms with Gasteiger partial charge in [-0.15, -0.1) is 0 Å². The Labute approximate surface area is 206 Å². The average Bonchev–Trinajstić information content (AvgIpc) is 2.83. The third-order valence-corrected chi connectivity index (χ3v) is 7.07. The maximum atomic E-state index is 13.4. The van der Waals surface area contributed by atoms with Crippen molar-refractivity contribution in [1.82, 2.24) is 9.13 Å². The minimum absolute atomic E-state index is 0.207. The van der Waals surface area contributed by atoms with Gasteiger partial charge in [-0.1, -0.05) is 11.6 Å². The van der Waals surface area contributed by atoms with Crippen LogP contribution < -0.4 is 27.0 Å². The molecule has 0 bridgehead atoms. The molecule has 0 saturated heterocycles. The second-order valence-corrected chi connectivity index (χ2v) is 9.47. The lowest BCUT2D eigenvalue weighted by molar-refractivity contribution is -0.131. The molecule has 9 nitrogen and oxygen atoms in total. The number of nitrogens with one attached hydrogen (secondary N) is 1. The fraction of sp³-hybridized carbons (Fsp3) is 0.320. The van der Waals surface area contributed by atoms with E-state index in [-0.39, 0.29) is 17.3 Å². The van der Waals surface area contributed by atoms with Crippen LogP contribution in [0.5, 0.6) is 11.5 Å². The molecular weight excluding hydrogens is 472 g/mol. The van der Waals surface area contributed by atoms with E-state index in [0.29, 0.717) is 34.9 Å². The summed E-state index contributed by atoms with van der Waals surface area (Å²) in [4.78, 5) is 39.2. The number of hydrogen-bond acceptors (Lipinski definition) is 6. The number of ether oxygens (including phenoxy) is 1. The number of nitrogens with two attached hydrogens (primary N) is 1. The highest BCUT2D eigenvalue weighted by Gasteiger charge is 2.41. The molecule has 1 amide bonds. The van der Waals surface area contributed by atoms with E-state index in [9.17, 15) is 19.5 Å². The zero-order valence-corrected chi connectivity index (χ0v) is 20.9. The highest BCUT2D eigenvalue weighted by atomic mass is 35.5. The number of benzene rings is 2. The summed E-state index contributed by atoms with van der Waals surface area (Å²) < 4.78 is 8.21. The average molecular weight is 499 g/mol. The second-order valence-electron chi connectivity index (χ2n) is 9.04. The predicted octanol–water partition coefficient (Wildman–Crippen LogP) is 3.13. The molecular formula is C25H27ClN4O5. The van der Waals surface area contributed by atoms with Crippen molar-refractivity contribution in [2.75, 3.05) is 11.1 Å². The number of fused-ring (bicyclic) bond motifs is 1. The Morgan fingerprint density at radius 2 is 1.77 bits per heavy atom. The molecule has 1 unspecified atom stereocenters. The number of nitrogen functional groups attached to an aromatic ring is 1. The van der Waals surface area contributed by atoms with Gasteiger partial charge in [0.1, 0.15) is 23.0 Å². The lowest BCUT2D eigenvalue weighted by atomic mass is 9.86. The number of phenolic OH excluding ortho intramolecular Hbond substituents is 1. The Balaban J connectivity index is 1.75. The predicted molar refractivity (Wildman–Crippen MR) is 135 cm³/mol. The van der Waals surface area contributed by atoms with Crippen LogP contribution in [0.4, 0.5) is 11.5 Å². The molecule has 1 atom stereocenters. The molecule has 2 aromatic carbocycles. The van der Waals surface area contributed by atoms with Gasteiger partial charge in [-0.25, -0.2) is 9.36 Å².